The van der Waals surface area contributed by atoms with Crippen LogP contribution in [0.25, 0.3) is 0 Å². The summed E-state index contributed by atoms with van der Waals surface area (Å²) in [6, 6.07) is 0. The number of epoxide rings is 4. The first-order valence-electron chi connectivity index (χ1n) is 8.16. The molecule has 2 aliphatic carbocycles. The Bertz CT molecular complexity index is 625. The molecule has 6 aliphatic rings. The van der Waals surface area contributed by atoms with E-state index < -0.39 is 60.8 Å². The second kappa shape index (κ2) is 11.3. The molecule has 0 amide bonds. The van der Waals surface area contributed by atoms with Gasteiger partial charge in [0.1, 0.15) is 0 Å². The van der Waals surface area contributed by atoms with Gasteiger partial charge in [0.05, 0.1) is 0 Å². The van der Waals surface area contributed by atoms with E-state index in [2.05, 4.69) is 0 Å². The topological polar surface area (TPSA) is 199 Å². The maximum atomic E-state index is 11.0. The number of rotatable bonds is 0. The molecular formula is C16H14Mn2O12Pd. The molecule has 0 aromatic heterocycles. The van der Waals surface area contributed by atoms with Gasteiger partial charge < -0.3 is 38.7 Å². The van der Waals surface area contributed by atoms with Gasteiger partial charge in [0, 0.05) is 46.1 Å². The Morgan fingerprint density at radius 1 is 0.548 bits per heavy atom. The van der Waals surface area contributed by atoms with Crippen molar-refractivity contribution in [1.82, 2.24) is 0 Å². The number of hydrogen-bond acceptors (Lipinski definition) is 12. The van der Waals surface area contributed by atoms with E-state index in [1.807, 2.05) is 0 Å². The minimum atomic E-state index is -1.08. The van der Waals surface area contributed by atoms with Crippen LogP contribution in [-0.4, -0.2) is 83.9 Å². The first kappa shape index (κ1) is 30.2. The molecule has 0 spiro atoms. The molecule has 6 rings (SSSR count). The zero-order valence-corrected chi connectivity index (χ0v) is 19.5. The number of Topliss-reactive ketones (excluding diaryl/α,β-unsaturated/α-hetero) is 4. The third-order valence-electron chi connectivity index (χ3n) is 4.21. The predicted molar refractivity (Wildman–Crippen MR) is 76.0 cm³/mol. The number of ether oxygens (including phenoxy) is 4. The molecule has 0 bridgehead atoms. The van der Waals surface area contributed by atoms with Crippen LogP contribution in [0, 0.1) is 0 Å². The van der Waals surface area contributed by atoms with Crippen LogP contribution in [0.15, 0.2) is 0 Å². The zero-order chi connectivity index (χ0) is 20.9. The van der Waals surface area contributed by atoms with E-state index in [0.717, 1.165) is 13.8 Å². The fraction of sp³-hybridized carbons (Fsp3) is 0.625. The van der Waals surface area contributed by atoms with Crippen molar-refractivity contribution in [3.8, 4) is 0 Å². The van der Waals surface area contributed by atoms with Crippen molar-refractivity contribution in [2.24, 2.45) is 0 Å². The number of fused-ring (bicyclic) bond motifs is 4. The van der Waals surface area contributed by atoms with Crippen LogP contribution in [0.1, 0.15) is 13.8 Å². The maximum absolute atomic E-state index is 11.0. The van der Waals surface area contributed by atoms with Gasteiger partial charge >= 0.3 is 20.4 Å². The minimum Gasteiger partial charge on any atom is -0.550 e. The summed E-state index contributed by atoms with van der Waals surface area (Å²) in [7, 11) is 0. The molecule has 0 N–H and O–H groups in total. The number of ketones is 4. The van der Waals surface area contributed by atoms with E-state index in [9.17, 15) is 19.2 Å². The molecule has 12 nitrogen and oxygen atoms in total. The van der Waals surface area contributed by atoms with Gasteiger partial charge in [-0.05, 0) is 13.8 Å². The third-order valence-corrected chi connectivity index (χ3v) is 4.21. The minimum absolute atomic E-state index is 0. The van der Waals surface area contributed by atoms with Crippen molar-refractivity contribution in [3.63, 3.8) is 0 Å². The van der Waals surface area contributed by atoms with Crippen LogP contribution in [0.5, 0.6) is 0 Å². The first-order valence-corrected chi connectivity index (χ1v) is 8.16. The third kappa shape index (κ3) is 7.07. The molecule has 8 unspecified atom stereocenters. The summed E-state index contributed by atoms with van der Waals surface area (Å²) in [5.74, 6) is -2.35. The average Bonchev–Trinajstić information content (AvgIpc) is 3.41. The second-order valence-corrected chi connectivity index (χ2v) is 6.50. The fourth-order valence-electron chi connectivity index (χ4n) is 2.83. The smallest absolute Gasteiger partial charge is 0.550 e. The molecule has 31 heavy (non-hydrogen) atoms. The Hall–Kier alpha value is -0.839. The van der Waals surface area contributed by atoms with Crippen molar-refractivity contribution >= 4 is 35.1 Å². The average molecular weight is 615 g/mol. The van der Waals surface area contributed by atoms with Crippen LogP contribution in [0.3, 0.4) is 0 Å². The van der Waals surface area contributed by atoms with E-state index >= 15 is 0 Å². The standard InChI is InChI=1S/2C6H4O4.2C2H4O2.2Mn.Pd/c2*7-1-3-5(9-3)2(8)6-4(1)10-6;2*1-2(3)4;;;/h2*3-6H;2*1H3,(H,3,4);;;/q;;;;;;+2/p-2. The van der Waals surface area contributed by atoms with Gasteiger partial charge in [-0.1, -0.05) is 0 Å². The van der Waals surface area contributed by atoms with Crippen LogP contribution >= 0.6 is 0 Å². The zero-order valence-electron chi connectivity index (χ0n) is 15.6. The number of aliphatic carboxylic acids is 2. The molecule has 4 aliphatic heterocycles. The van der Waals surface area contributed by atoms with Gasteiger partial charge in [0.2, 0.25) is 0 Å². The molecule has 174 valence electrons. The van der Waals surface area contributed by atoms with Crippen molar-refractivity contribution in [2.75, 3.05) is 0 Å². The molecular weight excluding hydrogens is 600 g/mol. The van der Waals surface area contributed by atoms with Crippen LogP contribution < -0.4 is 10.2 Å². The summed E-state index contributed by atoms with van der Waals surface area (Å²) in [5, 5.41) is 17.8. The monoisotopic (exact) mass is 614 g/mol. The van der Waals surface area contributed by atoms with Crippen LogP contribution in [0.4, 0.5) is 0 Å². The largest absolute Gasteiger partial charge is 2.00 e. The number of carboxylic acids is 2. The van der Waals surface area contributed by atoms with E-state index in [4.69, 9.17) is 38.7 Å². The van der Waals surface area contributed by atoms with E-state index in [1.54, 1.807) is 0 Å². The molecule has 0 aromatic rings. The van der Waals surface area contributed by atoms with Crippen molar-refractivity contribution in [1.29, 1.82) is 0 Å². The predicted octanol–water partition coefficient (Wildman–Crippen LogP) is -5.15. The van der Waals surface area contributed by atoms with Gasteiger partial charge in [0.25, 0.3) is 0 Å². The van der Waals surface area contributed by atoms with Gasteiger partial charge in [-0.15, -0.1) is 0 Å². The Morgan fingerprint density at radius 3 is 0.742 bits per heavy atom. The molecule has 0 aromatic carbocycles. The van der Waals surface area contributed by atoms with Gasteiger partial charge in [-0.25, -0.2) is 0 Å². The molecule has 4 saturated heterocycles. The Balaban J connectivity index is 0.000000410. The van der Waals surface area contributed by atoms with Crippen molar-refractivity contribution in [3.05, 3.63) is 0 Å². The summed E-state index contributed by atoms with van der Waals surface area (Å²) in [6.45, 7) is 1.94. The van der Waals surface area contributed by atoms with Crippen LogP contribution in [0.2, 0.25) is 0 Å². The second-order valence-electron chi connectivity index (χ2n) is 6.50. The Kier molecular flexibility index (Phi) is 11.0. The van der Waals surface area contributed by atoms with E-state index in [0.29, 0.717) is 0 Å². The van der Waals surface area contributed by atoms with Gasteiger partial charge in [0.15, 0.2) is 72.0 Å². The quantitative estimate of drug-likeness (QED) is 0.186. The van der Waals surface area contributed by atoms with Crippen LogP contribution in [-0.2, 0) is 102 Å². The summed E-state index contributed by atoms with van der Waals surface area (Å²) >= 11 is 0. The number of carbonyl (C=O) groups excluding carboxylic acids is 6. The molecule has 8 atom stereocenters. The Labute approximate surface area is 209 Å². The summed E-state index contributed by atoms with van der Waals surface area (Å²) < 4.78 is 19.3. The van der Waals surface area contributed by atoms with Crippen molar-refractivity contribution < 1.29 is 112 Å². The normalized spacial score (nSPS) is 37.5. The Morgan fingerprint density at radius 2 is 0.645 bits per heavy atom. The maximum Gasteiger partial charge on any atom is 2.00 e. The first-order chi connectivity index (χ1) is 13.0. The molecule has 6 fully saturated rings. The molecule has 15 heteroatoms. The number of hydrogen-bond donors (Lipinski definition) is 0. The SMILES string of the molecule is CC(=O)[O-].CC(=O)[O-].O=C1C2OC2C(=O)C2OC12.O=C1C2OC2C(=O)C2OC12.[Mn].[Mn].[Pd+2]. The van der Waals surface area contributed by atoms with Gasteiger partial charge in [-0.3, -0.25) is 19.2 Å². The van der Waals surface area contributed by atoms with Gasteiger partial charge in [-0.2, -0.15) is 0 Å². The summed E-state index contributed by atoms with van der Waals surface area (Å²) in [6.07, 6.45) is -3.58. The molecule has 2 radical (unpaired) electrons. The van der Waals surface area contributed by atoms with Crippen molar-refractivity contribution in [2.45, 2.75) is 62.7 Å². The molecule has 2 saturated carbocycles. The summed E-state index contributed by atoms with van der Waals surface area (Å²) in [5.41, 5.74) is 0. The molecule has 4 heterocycles. The number of carboxylic acid groups (broad SMARTS) is 2. The fourth-order valence-corrected chi connectivity index (χ4v) is 2.83. The van der Waals surface area contributed by atoms with E-state index in [-0.39, 0.29) is 77.7 Å². The number of carbonyl (C=O) groups is 6. The summed E-state index contributed by atoms with van der Waals surface area (Å²) in [4.78, 5) is 61.6. The van der Waals surface area contributed by atoms with E-state index in [1.165, 1.54) is 0 Å².